The standard InChI is InChI=1S/C27H24ClN5O3S/c1-16-14-21(17(2)31(16)23-15-20(33(34)35)11-12-24(23)36-3)26-25(22-6-4-5-13-29-22)30-27(37)32(26)19-9-7-18(28)8-10-19/h4-15,25-26H,1-3H3,(H,30,37)/t25-,26-/m1/s1. The maximum absolute atomic E-state index is 11.5. The van der Waals surface area contributed by atoms with Crippen molar-refractivity contribution in [2.24, 2.45) is 0 Å². The summed E-state index contributed by atoms with van der Waals surface area (Å²) in [6, 6.07) is 19.6. The van der Waals surface area contributed by atoms with E-state index in [1.165, 1.54) is 12.1 Å². The van der Waals surface area contributed by atoms with Gasteiger partial charge >= 0.3 is 0 Å². The number of nitrogens with zero attached hydrogens (tertiary/aromatic N) is 4. The number of nitro groups is 1. The summed E-state index contributed by atoms with van der Waals surface area (Å²) >= 11 is 12.0. The van der Waals surface area contributed by atoms with Gasteiger partial charge in [-0.15, -0.1) is 0 Å². The summed E-state index contributed by atoms with van der Waals surface area (Å²) in [5, 5.41) is 16.2. The molecule has 4 aromatic rings. The highest BCUT2D eigenvalue weighted by atomic mass is 35.5. The first-order chi connectivity index (χ1) is 17.8. The molecule has 188 valence electrons. The van der Waals surface area contributed by atoms with Crippen LogP contribution in [0.5, 0.6) is 5.75 Å². The Morgan fingerprint density at radius 1 is 1.11 bits per heavy atom. The second kappa shape index (κ2) is 9.84. The number of aromatic nitrogens is 2. The fourth-order valence-corrected chi connectivity index (χ4v) is 5.45. The van der Waals surface area contributed by atoms with E-state index >= 15 is 0 Å². The number of anilines is 1. The molecule has 2 aromatic carbocycles. The van der Waals surface area contributed by atoms with Crippen molar-refractivity contribution in [2.75, 3.05) is 12.0 Å². The number of nitro benzene ring substituents is 1. The van der Waals surface area contributed by atoms with Crippen LogP contribution in [0, 0.1) is 24.0 Å². The Bertz CT molecular complexity index is 1490. The Hall–Kier alpha value is -3.95. The summed E-state index contributed by atoms with van der Waals surface area (Å²) < 4.78 is 7.56. The van der Waals surface area contributed by atoms with Crippen LogP contribution in [0.4, 0.5) is 11.4 Å². The normalized spacial score (nSPS) is 17.1. The molecule has 0 aliphatic carbocycles. The van der Waals surface area contributed by atoms with Gasteiger partial charge in [-0.2, -0.15) is 0 Å². The highest BCUT2D eigenvalue weighted by Crippen LogP contribution is 2.44. The van der Waals surface area contributed by atoms with E-state index in [0.717, 1.165) is 28.3 Å². The van der Waals surface area contributed by atoms with Gasteiger partial charge in [0.2, 0.25) is 0 Å². The Labute approximate surface area is 224 Å². The first-order valence-electron chi connectivity index (χ1n) is 11.6. The number of methoxy groups -OCH3 is 1. The zero-order valence-electron chi connectivity index (χ0n) is 20.4. The molecular weight excluding hydrogens is 510 g/mol. The minimum Gasteiger partial charge on any atom is -0.495 e. The summed E-state index contributed by atoms with van der Waals surface area (Å²) in [6.07, 6.45) is 1.76. The lowest BCUT2D eigenvalue weighted by Gasteiger charge is -2.28. The third-order valence-corrected chi connectivity index (χ3v) is 7.17. The Balaban J connectivity index is 1.70. The van der Waals surface area contributed by atoms with Gasteiger partial charge in [0.05, 0.1) is 35.5 Å². The minimum atomic E-state index is -0.406. The summed E-state index contributed by atoms with van der Waals surface area (Å²) in [7, 11) is 1.55. The fraction of sp³-hybridized carbons (Fsp3) is 0.185. The molecule has 1 N–H and O–H groups in total. The third kappa shape index (κ3) is 4.41. The lowest BCUT2D eigenvalue weighted by atomic mass is 9.96. The number of pyridine rings is 1. The van der Waals surface area contributed by atoms with Crippen molar-refractivity contribution in [1.82, 2.24) is 14.9 Å². The molecule has 0 radical (unpaired) electrons. The molecule has 1 fully saturated rings. The zero-order chi connectivity index (χ0) is 26.3. The fourth-order valence-electron chi connectivity index (χ4n) is 4.98. The number of thiocarbonyl (C=S) groups is 1. The second-order valence-electron chi connectivity index (χ2n) is 8.75. The summed E-state index contributed by atoms with van der Waals surface area (Å²) in [5.41, 5.74) is 5.14. The molecule has 0 spiro atoms. The molecule has 0 bridgehead atoms. The topological polar surface area (TPSA) is 85.5 Å². The number of benzene rings is 2. The van der Waals surface area contributed by atoms with E-state index in [9.17, 15) is 10.1 Å². The number of hydrogen-bond donors (Lipinski definition) is 1. The van der Waals surface area contributed by atoms with Crippen LogP contribution in [-0.4, -0.2) is 26.7 Å². The van der Waals surface area contributed by atoms with E-state index < -0.39 is 4.92 Å². The molecule has 0 saturated carbocycles. The van der Waals surface area contributed by atoms with Gasteiger partial charge in [-0.05, 0) is 80.2 Å². The maximum Gasteiger partial charge on any atom is 0.271 e. The van der Waals surface area contributed by atoms with Crippen LogP contribution in [0.25, 0.3) is 5.69 Å². The molecule has 2 aromatic heterocycles. The predicted octanol–water partition coefficient (Wildman–Crippen LogP) is 6.24. The number of hydrogen-bond acceptors (Lipinski definition) is 5. The van der Waals surface area contributed by atoms with Crippen molar-refractivity contribution in [3.8, 4) is 11.4 Å². The Morgan fingerprint density at radius 2 is 1.86 bits per heavy atom. The first-order valence-corrected chi connectivity index (χ1v) is 12.4. The summed E-state index contributed by atoms with van der Waals surface area (Å²) in [6.45, 7) is 3.97. The average molecular weight is 534 g/mol. The van der Waals surface area contributed by atoms with E-state index in [-0.39, 0.29) is 17.8 Å². The van der Waals surface area contributed by atoms with Gasteiger partial charge in [0.15, 0.2) is 5.11 Å². The Morgan fingerprint density at radius 3 is 2.51 bits per heavy atom. The van der Waals surface area contributed by atoms with Crippen molar-refractivity contribution in [1.29, 1.82) is 0 Å². The van der Waals surface area contributed by atoms with Crippen LogP contribution in [0.2, 0.25) is 5.02 Å². The largest absolute Gasteiger partial charge is 0.495 e. The lowest BCUT2D eigenvalue weighted by Crippen LogP contribution is -2.29. The monoisotopic (exact) mass is 533 g/mol. The highest BCUT2D eigenvalue weighted by Gasteiger charge is 2.42. The molecular formula is C27H24ClN5O3S. The number of rotatable bonds is 6. The van der Waals surface area contributed by atoms with Crippen molar-refractivity contribution in [2.45, 2.75) is 25.9 Å². The van der Waals surface area contributed by atoms with E-state index in [4.69, 9.17) is 28.6 Å². The first kappa shape index (κ1) is 24.7. The van der Waals surface area contributed by atoms with Gasteiger partial charge in [0.1, 0.15) is 5.75 Å². The molecule has 1 aliphatic heterocycles. The van der Waals surface area contributed by atoms with E-state index in [1.807, 2.05) is 60.9 Å². The number of aryl methyl sites for hydroxylation is 1. The molecule has 2 atom stereocenters. The van der Waals surface area contributed by atoms with Crippen molar-refractivity contribution < 1.29 is 9.66 Å². The smallest absolute Gasteiger partial charge is 0.271 e. The number of halogens is 1. The molecule has 0 unspecified atom stereocenters. The second-order valence-corrected chi connectivity index (χ2v) is 9.57. The number of non-ortho nitro benzene ring substituents is 1. The molecule has 8 nitrogen and oxygen atoms in total. The van der Waals surface area contributed by atoms with Crippen LogP contribution < -0.4 is 15.0 Å². The van der Waals surface area contributed by atoms with E-state index in [0.29, 0.717) is 21.6 Å². The van der Waals surface area contributed by atoms with Crippen LogP contribution in [0.3, 0.4) is 0 Å². The molecule has 37 heavy (non-hydrogen) atoms. The summed E-state index contributed by atoms with van der Waals surface area (Å²) in [4.78, 5) is 17.8. The van der Waals surface area contributed by atoms with Crippen molar-refractivity contribution >= 4 is 40.3 Å². The summed E-state index contributed by atoms with van der Waals surface area (Å²) in [5.74, 6) is 0.537. The van der Waals surface area contributed by atoms with Crippen LogP contribution in [0.1, 0.15) is 34.7 Å². The number of ether oxygens (including phenoxy) is 1. The molecule has 1 aliphatic rings. The van der Waals surface area contributed by atoms with E-state index in [2.05, 4.69) is 21.3 Å². The van der Waals surface area contributed by atoms with Gasteiger partial charge in [-0.25, -0.2) is 0 Å². The maximum atomic E-state index is 11.5. The van der Waals surface area contributed by atoms with Crippen LogP contribution in [-0.2, 0) is 0 Å². The zero-order valence-corrected chi connectivity index (χ0v) is 22.0. The highest BCUT2D eigenvalue weighted by molar-refractivity contribution is 7.80. The van der Waals surface area contributed by atoms with Gasteiger partial charge in [0.25, 0.3) is 5.69 Å². The van der Waals surface area contributed by atoms with Gasteiger partial charge < -0.3 is 19.5 Å². The molecule has 5 rings (SSSR count). The van der Waals surface area contributed by atoms with Gasteiger partial charge in [0, 0.05) is 40.4 Å². The molecule has 3 heterocycles. The third-order valence-electron chi connectivity index (χ3n) is 6.61. The average Bonchev–Trinajstić information content (AvgIpc) is 3.39. The lowest BCUT2D eigenvalue weighted by molar-refractivity contribution is -0.384. The Kier molecular flexibility index (Phi) is 6.57. The minimum absolute atomic E-state index is 0.0114. The van der Waals surface area contributed by atoms with Crippen molar-refractivity contribution in [3.63, 3.8) is 0 Å². The van der Waals surface area contributed by atoms with Gasteiger partial charge in [-0.1, -0.05) is 17.7 Å². The molecule has 1 saturated heterocycles. The molecule has 10 heteroatoms. The molecule has 0 amide bonds. The number of nitrogens with one attached hydrogen (secondary N) is 1. The van der Waals surface area contributed by atoms with Crippen molar-refractivity contribution in [3.05, 3.63) is 111 Å². The predicted molar refractivity (Wildman–Crippen MR) is 148 cm³/mol. The van der Waals surface area contributed by atoms with Crippen LogP contribution in [0.15, 0.2) is 72.9 Å². The van der Waals surface area contributed by atoms with E-state index in [1.54, 1.807) is 19.4 Å². The SMILES string of the molecule is COc1ccc([N+](=O)[O-])cc1-n1c(C)cc([C@@H]2[C@@H](c3ccccn3)NC(=S)N2c2ccc(Cl)cc2)c1C. The van der Waals surface area contributed by atoms with Crippen LogP contribution >= 0.6 is 23.8 Å². The quantitative estimate of drug-likeness (QED) is 0.178. The van der Waals surface area contributed by atoms with Gasteiger partial charge in [-0.3, -0.25) is 15.1 Å².